The van der Waals surface area contributed by atoms with Gasteiger partial charge in [0.25, 0.3) is 0 Å². The zero-order chi connectivity index (χ0) is 29.0. The minimum atomic E-state index is -1.00. The summed E-state index contributed by atoms with van der Waals surface area (Å²) in [6.45, 7) is 15.0. The first-order valence-electron chi connectivity index (χ1n) is 13.5. The number of amides is 3. The molecule has 0 aliphatic carbocycles. The molecule has 214 valence electrons. The van der Waals surface area contributed by atoms with Crippen LogP contribution in [0.1, 0.15) is 90.0 Å². The topological polar surface area (TPSA) is 114 Å². The normalized spacial score (nSPS) is 13.6. The van der Waals surface area contributed by atoms with E-state index in [2.05, 4.69) is 22.3 Å². The number of ether oxygens (including phenoxy) is 2. The van der Waals surface area contributed by atoms with Crippen molar-refractivity contribution in [2.75, 3.05) is 20.2 Å². The molecule has 0 radical (unpaired) electrons. The SMILES string of the molecule is CCCCCN(C(=O)C(NC(=O)OC(C)(C)C)C(C)CC)C(C(=O)NCC(=O)OC)c1ccc(C)cc1C. The van der Waals surface area contributed by atoms with Crippen LogP contribution in [-0.4, -0.2) is 60.6 Å². The molecule has 0 fully saturated rings. The van der Waals surface area contributed by atoms with Crippen molar-refractivity contribution in [3.8, 4) is 0 Å². The van der Waals surface area contributed by atoms with Gasteiger partial charge in [-0.05, 0) is 58.1 Å². The fourth-order valence-electron chi connectivity index (χ4n) is 4.11. The minimum absolute atomic E-state index is 0.221. The molecule has 0 saturated heterocycles. The maximum atomic E-state index is 14.2. The van der Waals surface area contributed by atoms with E-state index in [1.54, 1.807) is 20.8 Å². The molecule has 0 aromatic heterocycles. The largest absolute Gasteiger partial charge is 0.468 e. The van der Waals surface area contributed by atoms with Crippen molar-refractivity contribution in [1.82, 2.24) is 15.5 Å². The third kappa shape index (κ3) is 10.3. The van der Waals surface area contributed by atoms with E-state index in [1.807, 2.05) is 45.9 Å². The summed E-state index contributed by atoms with van der Waals surface area (Å²) in [7, 11) is 1.25. The molecular formula is C29H47N3O6. The highest BCUT2D eigenvalue weighted by molar-refractivity contribution is 5.93. The first kappa shape index (κ1) is 32.9. The molecule has 9 heteroatoms. The fourth-order valence-corrected chi connectivity index (χ4v) is 4.11. The smallest absolute Gasteiger partial charge is 0.408 e. The predicted molar refractivity (Wildman–Crippen MR) is 148 cm³/mol. The number of benzene rings is 1. The summed E-state index contributed by atoms with van der Waals surface area (Å²) in [5.41, 5.74) is 1.79. The van der Waals surface area contributed by atoms with Crippen molar-refractivity contribution in [2.24, 2.45) is 5.92 Å². The van der Waals surface area contributed by atoms with Crippen LogP contribution < -0.4 is 10.6 Å². The molecule has 2 N–H and O–H groups in total. The van der Waals surface area contributed by atoms with Crippen LogP contribution in [0.2, 0.25) is 0 Å². The van der Waals surface area contributed by atoms with Crippen molar-refractivity contribution < 1.29 is 28.7 Å². The zero-order valence-corrected chi connectivity index (χ0v) is 24.6. The van der Waals surface area contributed by atoms with Crippen molar-refractivity contribution in [3.05, 3.63) is 34.9 Å². The summed E-state index contributed by atoms with van der Waals surface area (Å²) in [5.74, 6) is -1.68. The lowest BCUT2D eigenvalue weighted by atomic mass is 9.93. The van der Waals surface area contributed by atoms with E-state index in [1.165, 1.54) is 12.0 Å². The van der Waals surface area contributed by atoms with Gasteiger partial charge in [0.15, 0.2) is 0 Å². The van der Waals surface area contributed by atoms with E-state index in [-0.39, 0.29) is 18.4 Å². The Bertz CT molecular complexity index is 956. The van der Waals surface area contributed by atoms with Crippen LogP contribution in [0.3, 0.4) is 0 Å². The second kappa shape index (κ2) is 15.3. The average molecular weight is 534 g/mol. The number of carbonyl (C=O) groups excluding carboxylic acids is 4. The van der Waals surface area contributed by atoms with Crippen LogP contribution in [0.15, 0.2) is 18.2 Å². The molecule has 0 aliphatic rings. The van der Waals surface area contributed by atoms with Crippen molar-refractivity contribution in [1.29, 1.82) is 0 Å². The standard InChI is InChI=1S/C29H47N3O6/c1-10-12-13-16-32(27(35)24(20(4)11-2)31-28(36)38-29(6,7)8)25(26(34)30-18-23(33)37-9)22-15-14-19(3)17-21(22)5/h14-15,17,20,24-25H,10-13,16,18H2,1-9H3,(H,30,34)(H,31,36). The van der Waals surface area contributed by atoms with Crippen LogP contribution in [0, 0.1) is 19.8 Å². The highest BCUT2D eigenvalue weighted by Crippen LogP contribution is 2.28. The molecule has 0 bridgehead atoms. The number of hydrogen-bond donors (Lipinski definition) is 2. The van der Waals surface area contributed by atoms with Gasteiger partial charge >= 0.3 is 12.1 Å². The number of nitrogens with one attached hydrogen (secondary N) is 2. The first-order valence-corrected chi connectivity index (χ1v) is 13.5. The number of aryl methyl sites for hydroxylation is 2. The second-order valence-corrected chi connectivity index (χ2v) is 10.8. The van der Waals surface area contributed by atoms with E-state index in [0.717, 1.165) is 24.0 Å². The van der Waals surface area contributed by atoms with E-state index in [4.69, 9.17) is 4.74 Å². The molecule has 3 amide bonds. The second-order valence-electron chi connectivity index (χ2n) is 10.8. The number of methoxy groups -OCH3 is 1. The lowest BCUT2D eigenvalue weighted by Gasteiger charge is -2.36. The number of alkyl carbamates (subject to hydrolysis) is 1. The van der Waals surface area contributed by atoms with E-state index in [0.29, 0.717) is 24.9 Å². The molecule has 1 aromatic carbocycles. The van der Waals surface area contributed by atoms with Crippen LogP contribution >= 0.6 is 0 Å². The lowest BCUT2D eigenvalue weighted by molar-refractivity contribution is -0.145. The van der Waals surface area contributed by atoms with E-state index >= 15 is 0 Å². The van der Waals surface area contributed by atoms with Crippen LogP contribution in [0.5, 0.6) is 0 Å². The number of hydrogen-bond acceptors (Lipinski definition) is 6. The van der Waals surface area contributed by atoms with Gasteiger partial charge in [0.2, 0.25) is 11.8 Å². The Hall–Kier alpha value is -3.10. The predicted octanol–water partition coefficient (Wildman–Crippen LogP) is 4.59. The van der Waals surface area contributed by atoms with Crippen LogP contribution in [-0.2, 0) is 23.9 Å². The third-order valence-electron chi connectivity index (χ3n) is 6.35. The third-order valence-corrected chi connectivity index (χ3v) is 6.35. The number of nitrogens with zero attached hydrogens (tertiary/aromatic N) is 1. The Labute approximate surface area is 228 Å². The molecule has 38 heavy (non-hydrogen) atoms. The van der Waals surface area contributed by atoms with Gasteiger partial charge in [-0.25, -0.2) is 4.79 Å². The Morgan fingerprint density at radius 3 is 2.24 bits per heavy atom. The summed E-state index contributed by atoms with van der Waals surface area (Å²) in [4.78, 5) is 53.9. The number of unbranched alkanes of at least 4 members (excludes halogenated alkanes) is 2. The van der Waals surface area contributed by atoms with Gasteiger partial charge in [-0.1, -0.05) is 63.8 Å². The van der Waals surface area contributed by atoms with Crippen molar-refractivity contribution >= 4 is 23.9 Å². The minimum Gasteiger partial charge on any atom is -0.468 e. The van der Waals surface area contributed by atoms with Crippen LogP contribution in [0.25, 0.3) is 0 Å². The Kier molecular flexibility index (Phi) is 13.3. The van der Waals surface area contributed by atoms with Crippen molar-refractivity contribution in [3.63, 3.8) is 0 Å². The average Bonchev–Trinajstić information content (AvgIpc) is 2.84. The molecule has 0 aliphatic heterocycles. The van der Waals surface area contributed by atoms with Gasteiger partial charge < -0.3 is 25.0 Å². The zero-order valence-electron chi connectivity index (χ0n) is 24.6. The van der Waals surface area contributed by atoms with E-state index < -0.39 is 35.7 Å². The molecule has 1 aromatic rings. The molecule has 3 unspecified atom stereocenters. The van der Waals surface area contributed by atoms with Crippen LogP contribution in [0.4, 0.5) is 4.79 Å². The monoisotopic (exact) mass is 533 g/mol. The lowest BCUT2D eigenvalue weighted by Crippen LogP contribution is -2.55. The molecule has 3 atom stereocenters. The van der Waals surface area contributed by atoms with Gasteiger partial charge in [0.05, 0.1) is 7.11 Å². The van der Waals surface area contributed by atoms with Gasteiger partial charge in [0.1, 0.15) is 24.2 Å². The maximum absolute atomic E-state index is 14.2. The number of carbonyl (C=O) groups is 4. The summed E-state index contributed by atoms with van der Waals surface area (Å²) in [5, 5.41) is 5.40. The molecule has 1 rings (SSSR count). The summed E-state index contributed by atoms with van der Waals surface area (Å²) < 4.78 is 10.1. The number of esters is 1. The maximum Gasteiger partial charge on any atom is 0.408 e. The Morgan fingerprint density at radius 1 is 1.05 bits per heavy atom. The highest BCUT2D eigenvalue weighted by atomic mass is 16.6. The van der Waals surface area contributed by atoms with E-state index in [9.17, 15) is 19.2 Å². The van der Waals surface area contributed by atoms with Gasteiger partial charge in [-0.3, -0.25) is 14.4 Å². The fraction of sp³-hybridized carbons (Fsp3) is 0.655. The van der Waals surface area contributed by atoms with Gasteiger partial charge in [0, 0.05) is 6.54 Å². The Morgan fingerprint density at radius 2 is 1.71 bits per heavy atom. The summed E-state index contributed by atoms with van der Waals surface area (Å²) >= 11 is 0. The quantitative estimate of drug-likeness (QED) is 0.283. The summed E-state index contributed by atoms with van der Waals surface area (Å²) in [6, 6.07) is 3.78. The summed E-state index contributed by atoms with van der Waals surface area (Å²) in [6.07, 6.45) is 2.39. The number of rotatable bonds is 13. The molecular weight excluding hydrogens is 486 g/mol. The van der Waals surface area contributed by atoms with Gasteiger partial charge in [-0.2, -0.15) is 0 Å². The Balaban J connectivity index is 3.58. The first-order chi connectivity index (χ1) is 17.7. The van der Waals surface area contributed by atoms with Gasteiger partial charge in [-0.15, -0.1) is 0 Å². The molecule has 9 nitrogen and oxygen atoms in total. The molecule has 0 heterocycles. The highest BCUT2D eigenvalue weighted by Gasteiger charge is 2.38. The molecule has 0 spiro atoms. The van der Waals surface area contributed by atoms with Crippen molar-refractivity contribution in [2.45, 2.75) is 98.8 Å². The molecule has 0 saturated carbocycles.